The van der Waals surface area contributed by atoms with Gasteiger partial charge in [0.1, 0.15) is 12.0 Å². The van der Waals surface area contributed by atoms with Crippen molar-refractivity contribution in [2.45, 2.75) is 19.3 Å². The molecule has 0 saturated carbocycles. The number of nitrogens with zero attached hydrogens (tertiary/aromatic N) is 2. The molecule has 10 nitrogen and oxygen atoms in total. The molecule has 0 saturated heterocycles. The SMILES string of the molecule is COc1cc(C(=O)OCCCCCNc2ccc([N+](=O)[O-])cn2)cc(OC)c1OC. The van der Waals surface area contributed by atoms with Gasteiger partial charge in [-0.25, -0.2) is 9.78 Å². The Labute approximate surface area is 174 Å². The van der Waals surface area contributed by atoms with E-state index in [1.165, 1.54) is 33.6 Å². The van der Waals surface area contributed by atoms with Crippen molar-refractivity contribution in [3.63, 3.8) is 0 Å². The predicted octanol–water partition coefficient (Wildman–Crippen LogP) is 3.45. The number of ether oxygens (including phenoxy) is 4. The molecule has 0 fully saturated rings. The minimum Gasteiger partial charge on any atom is -0.493 e. The molecule has 2 rings (SSSR count). The number of hydrogen-bond acceptors (Lipinski definition) is 9. The molecule has 10 heteroatoms. The number of esters is 1. The van der Waals surface area contributed by atoms with Crippen LogP contribution in [-0.4, -0.2) is 50.4 Å². The van der Waals surface area contributed by atoms with Crippen molar-refractivity contribution >= 4 is 17.5 Å². The molecule has 0 spiro atoms. The Balaban J connectivity index is 1.71. The van der Waals surface area contributed by atoms with Crippen molar-refractivity contribution in [3.05, 3.63) is 46.1 Å². The lowest BCUT2D eigenvalue weighted by Gasteiger charge is -2.13. The van der Waals surface area contributed by atoms with Crippen molar-refractivity contribution < 1.29 is 28.7 Å². The smallest absolute Gasteiger partial charge is 0.338 e. The molecule has 0 unspecified atom stereocenters. The summed E-state index contributed by atoms with van der Waals surface area (Å²) in [7, 11) is 4.45. The van der Waals surface area contributed by atoms with E-state index in [0.29, 0.717) is 41.6 Å². The van der Waals surface area contributed by atoms with Gasteiger partial charge in [-0.2, -0.15) is 0 Å². The second-order valence-corrected chi connectivity index (χ2v) is 6.20. The van der Waals surface area contributed by atoms with Crippen LogP contribution in [0.4, 0.5) is 11.5 Å². The van der Waals surface area contributed by atoms with Gasteiger partial charge in [0, 0.05) is 12.6 Å². The highest BCUT2D eigenvalue weighted by molar-refractivity contribution is 5.91. The molecule has 1 heterocycles. The number of carbonyl (C=O) groups is 1. The summed E-state index contributed by atoms with van der Waals surface area (Å²) >= 11 is 0. The number of benzene rings is 1. The maximum absolute atomic E-state index is 12.3. The molecule has 2 aromatic rings. The van der Waals surface area contributed by atoms with Crippen LogP contribution in [0.3, 0.4) is 0 Å². The highest BCUT2D eigenvalue weighted by Gasteiger charge is 2.17. The van der Waals surface area contributed by atoms with Gasteiger partial charge >= 0.3 is 5.97 Å². The van der Waals surface area contributed by atoms with Crippen LogP contribution in [0, 0.1) is 10.1 Å². The fourth-order valence-corrected chi connectivity index (χ4v) is 2.67. The summed E-state index contributed by atoms with van der Waals surface area (Å²) < 4.78 is 21.0. The lowest BCUT2D eigenvalue weighted by atomic mass is 10.2. The van der Waals surface area contributed by atoms with Gasteiger partial charge < -0.3 is 24.3 Å². The molecule has 0 atom stereocenters. The fourth-order valence-electron chi connectivity index (χ4n) is 2.67. The maximum atomic E-state index is 12.3. The normalized spacial score (nSPS) is 10.2. The Bertz CT molecular complexity index is 831. The first-order valence-corrected chi connectivity index (χ1v) is 9.31. The molecule has 0 aliphatic carbocycles. The number of carbonyl (C=O) groups excluding carboxylic acids is 1. The van der Waals surface area contributed by atoms with E-state index >= 15 is 0 Å². The minimum absolute atomic E-state index is 0.0468. The molecule has 0 aliphatic rings. The molecule has 1 aromatic carbocycles. The predicted molar refractivity (Wildman–Crippen MR) is 110 cm³/mol. The maximum Gasteiger partial charge on any atom is 0.338 e. The molecule has 1 N–H and O–H groups in total. The second-order valence-electron chi connectivity index (χ2n) is 6.20. The summed E-state index contributed by atoms with van der Waals surface area (Å²) in [5.41, 5.74) is 0.268. The van der Waals surface area contributed by atoms with Gasteiger partial charge in [-0.3, -0.25) is 10.1 Å². The third-order valence-corrected chi connectivity index (χ3v) is 4.22. The van der Waals surface area contributed by atoms with Crippen LogP contribution >= 0.6 is 0 Å². The van der Waals surface area contributed by atoms with Gasteiger partial charge in [-0.15, -0.1) is 0 Å². The quantitative estimate of drug-likeness (QED) is 0.238. The van der Waals surface area contributed by atoms with Crippen molar-refractivity contribution in [3.8, 4) is 17.2 Å². The summed E-state index contributed by atoms with van der Waals surface area (Å²) in [6, 6.07) is 6.06. The molecule has 1 aromatic heterocycles. The summed E-state index contributed by atoms with van der Waals surface area (Å²) in [6.07, 6.45) is 3.58. The van der Waals surface area contributed by atoms with Gasteiger partial charge in [0.25, 0.3) is 5.69 Å². The van der Waals surface area contributed by atoms with Crippen molar-refractivity contribution in [1.82, 2.24) is 4.98 Å². The van der Waals surface area contributed by atoms with Crippen LogP contribution in [0.1, 0.15) is 29.6 Å². The monoisotopic (exact) mass is 419 g/mol. The summed E-state index contributed by atoms with van der Waals surface area (Å²) in [4.78, 5) is 26.4. The molecule has 0 aliphatic heterocycles. The van der Waals surface area contributed by atoms with Crippen LogP contribution in [0.5, 0.6) is 17.2 Å². The van der Waals surface area contributed by atoms with Gasteiger partial charge in [-0.1, -0.05) is 0 Å². The number of hydrogen-bond donors (Lipinski definition) is 1. The molecule has 162 valence electrons. The molecule has 0 bridgehead atoms. The zero-order valence-corrected chi connectivity index (χ0v) is 17.2. The lowest BCUT2D eigenvalue weighted by molar-refractivity contribution is -0.385. The third-order valence-electron chi connectivity index (χ3n) is 4.22. The van der Waals surface area contributed by atoms with Crippen molar-refractivity contribution in [2.75, 3.05) is 39.8 Å². The number of aromatic nitrogens is 1. The first-order valence-electron chi connectivity index (χ1n) is 9.31. The highest BCUT2D eigenvalue weighted by Crippen LogP contribution is 2.38. The van der Waals surface area contributed by atoms with E-state index in [1.807, 2.05) is 0 Å². The molecular weight excluding hydrogens is 394 g/mol. The van der Waals surface area contributed by atoms with Crippen LogP contribution in [0.15, 0.2) is 30.5 Å². The minimum atomic E-state index is -0.490. The Morgan fingerprint density at radius 2 is 1.77 bits per heavy atom. The van der Waals surface area contributed by atoms with E-state index in [0.717, 1.165) is 12.8 Å². The average Bonchev–Trinajstić information content (AvgIpc) is 2.77. The number of unbranched alkanes of at least 4 members (excludes halogenated alkanes) is 2. The van der Waals surface area contributed by atoms with Gasteiger partial charge in [0.2, 0.25) is 5.75 Å². The van der Waals surface area contributed by atoms with E-state index in [2.05, 4.69) is 10.3 Å². The number of rotatable bonds is 12. The number of anilines is 1. The largest absolute Gasteiger partial charge is 0.493 e. The molecule has 30 heavy (non-hydrogen) atoms. The van der Waals surface area contributed by atoms with Gasteiger partial charge in [-0.05, 0) is 37.5 Å². The van der Waals surface area contributed by atoms with E-state index in [1.54, 1.807) is 18.2 Å². The Morgan fingerprint density at radius 1 is 1.07 bits per heavy atom. The van der Waals surface area contributed by atoms with Gasteiger partial charge in [0.15, 0.2) is 11.5 Å². The Morgan fingerprint density at radius 3 is 2.30 bits per heavy atom. The number of pyridine rings is 1. The van der Waals surface area contributed by atoms with E-state index in [9.17, 15) is 14.9 Å². The number of methoxy groups -OCH3 is 3. The number of nitro groups is 1. The first-order chi connectivity index (χ1) is 14.5. The fraction of sp³-hybridized carbons (Fsp3) is 0.400. The van der Waals surface area contributed by atoms with E-state index in [4.69, 9.17) is 18.9 Å². The van der Waals surface area contributed by atoms with Crippen molar-refractivity contribution in [1.29, 1.82) is 0 Å². The number of nitrogens with one attached hydrogen (secondary N) is 1. The summed E-state index contributed by atoms with van der Waals surface area (Å²) in [5, 5.41) is 13.7. The van der Waals surface area contributed by atoms with Crippen molar-refractivity contribution in [2.24, 2.45) is 0 Å². The second kappa shape index (κ2) is 11.4. The summed E-state index contributed by atoms with van der Waals surface area (Å²) in [6.45, 7) is 0.941. The standard InChI is InChI=1S/C20H25N3O7/c1-27-16-11-14(12-17(28-2)19(16)29-3)20(24)30-10-6-4-5-9-21-18-8-7-15(13-22-18)23(25)26/h7-8,11-13H,4-6,9-10H2,1-3H3,(H,21,22). The first kappa shape index (κ1) is 22.7. The van der Waals surface area contributed by atoms with E-state index in [-0.39, 0.29) is 12.3 Å². The van der Waals surface area contributed by atoms with Crippen LogP contribution in [-0.2, 0) is 4.74 Å². The van der Waals surface area contributed by atoms with Gasteiger partial charge in [0.05, 0.1) is 38.4 Å². The van der Waals surface area contributed by atoms with E-state index < -0.39 is 10.9 Å². The average molecular weight is 419 g/mol. The molecule has 0 radical (unpaired) electrons. The zero-order valence-electron chi connectivity index (χ0n) is 17.2. The zero-order chi connectivity index (χ0) is 21.9. The van der Waals surface area contributed by atoms with Crippen LogP contribution in [0.2, 0.25) is 0 Å². The Kier molecular flexibility index (Phi) is 8.67. The lowest BCUT2D eigenvalue weighted by Crippen LogP contribution is -2.08. The Hall–Kier alpha value is -3.56. The molecular formula is C20H25N3O7. The topological polar surface area (TPSA) is 122 Å². The third kappa shape index (κ3) is 6.23. The molecule has 0 amide bonds. The van der Waals surface area contributed by atoms with Crippen LogP contribution in [0.25, 0.3) is 0 Å². The van der Waals surface area contributed by atoms with Crippen LogP contribution < -0.4 is 19.5 Å². The summed E-state index contributed by atoms with van der Waals surface area (Å²) in [5.74, 6) is 1.29. The highest BCUT2D eigenvalue weighted by atomic mass is 16.6.